The van der Waals surface area contributed by atoms with Crippen molar-refractivity contribution in [2.45, 2.75) is 19.1 Å². The molecule has 1 aliphatic heterocycles. The number of nitro benzene ring substituents is 1. The summed E-state index contributed by atoms with van der Waals surface area (Å²) in [5.74, 6) is 0. The first-order valence-corrected chi connectivity index (χ1v) is 6.57. The van der Waals surface area contributed by atoms with Crippen molar-refractivity contribution in [3.8, 4) is 0 Å². The summed E-state index contributed by atoms with van der Waals surface area (Å²) in [5, 5.41) is 13.9. The molecule has 0 unspecified atom stereocenters. The van der Waals surface area contributed by atoms with Crippen molar-refractivity contribution in [3.05, 3.63) is 39.4 Å². The Kier molecular flexibility index (Phi) is 4.48. The molecule has 1 fully saturated rings. The van der Waals surface area contributed by atoms with E-state index in [9.17, 15) is 23.3 Å². The summed E-state index contributed by atoms with van der Waals surface area (Å²) < 4.78 is 40.2. The standard InChI is InChI=1S/C13H16F3N3O2/c1-9-2-3-10(8-11(9)19(20)21)12(13(14,15)16)18-6-4-17-5-7-18/h2-3,8,12,17H,4-7H2,1H3/t12-/m1/s1. The van der Waals surface area contributed by atoms with Crippen LogP contribution in [0.25, 0.3) is 0 Å². The molecule has 1 aromatic carbocycles. The molecule has 0 aromatic heterocycles. The van der Waals surface area contributed by atoms with E-state index in [1.54, 1.807) is 0 Å². The fourth-order valence-corrected chi connectivity index (χ4v) is 2.54. The summed E-state index contributed by atoms with van der Waals surface area (Å²) >= 11 is 0. The number of nitro groups is 1. The van der Waals surface area contributed by atoms with Gasteiger partial charge in [0.05, 0.1) is 4.92 Å². The lowest BCUT2D eigenvalue weighted by molar-refractivity contribution is -0.385. The first-order chi connectivity index (χ1) is 9.80. The van der Waals surface area contributed by atoms with Crippen molar-refractivity contribution in [1.29, 1.82) is 0 Å². The molecule has 0 spiro atoms. The first kappa shape index (κ1) is 15.7. The molecule has 116 valence electrons. The van der Waals surface area contributed by atoms with Gasteiger partial charge in [-0.2, -0.15) is 13.2 Å². The van der Waals surface area contributed by atoms with Crippen LogP contribution in [0.3, 0.4) is 0 Å². The van der Waals surface area contributed by atoms with Crippen LogP contribution in [0, 0.1) is 17.0 Å². The second-order valence-corrected chi connectivity index (χ2v) is 5.03. The topological polar surface area (TPSA) is 58.4 Å². The molecular weight excluding hydrogens is 287 g/mol. The van der Waals surface area contributed by atoms with Crippen LogP contribution in [0.2, 0.25) is 0 Å². The number of hydrogen-bond donors (Lipinski definition) is 1. The van der Waals surface area contributed by atoms with Gasteiger partial charge in [-0.1, -0.05) is 12.1 Å². The van der Waals surface area contributed by atoms with Gasteiger partial charge < -0.3 is 5.32 Å². The normalized spacial score (nSPS) is 18.5. The number of nitrogens with one attached hydrogen (secondary N) is 1. The molecule has 0 amide bonds. The van der Waals surface area contributed by atoms with Gasteiger partial charge in [0.15, 0.2) is 0 Å². The smallest absolute Gasteiger partial charge is 0.314 e. The second kappa shape index (κ2) is 5.98. The lowest BCUT2D eigenvalue weighted by Gasteiger charge is -2.36. The monoisotopic (exact) mass is 303 g/mol. The molecule has 2 rings (SSSR count). The van der Waals surface area contributed by atoms with Crippen molar-refractivity contribution in [3.63, 3.8) is 0 Å². The minimum absolute atomic E-state index is 0.0818. The van der Waals surface area contributed by atoms with Crippen molar-refractivity contribution in [2.75, 3.05) is 26.2 Å². The van der Waals surface area contributed by atoms with E-state index in [2.05, 4.69) is 5.32 Å². The molecule has 1 aliphatic rings. The average molecular weight is 303 g/mol. The van der Waals surface area contributed by atoms with Crippen LogP contribution >= 0.6 is 0 Å². The minimum atomic E-state index is -4.47. The maximum atomic E-state index is 13.4. The highest BCUT2D eigenvalue weighted by Crippen LogP contribution is 2.39. The average Bonchev–Trinajstić information content (AvgIpc) is 2.40. The zero-order valence-corrected chi connectivity index (χ0v) is 11.5. The van der Waals surface area contributed by atoms with E-state index in [0.717, 1.165) is 6.07 Å². The van der Waals surface area contributed by atoms with Gasteiger partial charge in [0, 0.05) is 37.8 Å². The Bertz CT molecular complexity index is 528. The largest absolute Gasteiger partial charge is 0.408 e. The summed E-state index contributed by atoms with van der Waals surface area (Å²) in [6, 6.07) is 1.92. The fourth-order valence-electron chi connectivity index (χ4n) is 2.54. The number of aryl methyl sites for hydroxylation is 1. The number of benzene rings is 1. The number of piperazine rings is 1. The predicted octanol–water partition coefficient (Wildman–Crippen LogP) is 2.41. The van der Waals surface area contributed by atoms with E-state index in [1.165, 1.54) is 24.0 Å². The van der Waals surface area contributed by atoms with E-state index >= 15 is 0 Å². The maximum absolute atomic E-state index is 13.4. The molecule has 1 heterocycles. The van der Waals surface area contributed by atoms with Gasteiger partial charge in [0.25, 0.3) is 5.69 Å². The molecule has 1 aromatic rings. The Hall–Kier alpha value is -1.67. The molecule has 5 nitrogen and oxygen atoms in total. The van der Waals surface area contributed by atoms with Crippen LogP contribution in [0.5, 0.6) is 0 Å². The molecule has 1 atom stereocenters. The van der Waals surface area contributed by atoms with Gasteiger partial charge in [-0.15, -0.1) is 0 Å². The van der Waals surface area contributed by atoms with Crippen molar-refractivity contribution < 1.29 is 18.1 Å². The van der Waals surface area contributed by atoms with Gasteiger partial charge >= 0.3 is 6.18 Å². The molecule has 0 saturated carbocycles. The van der Waals surface area contributed by atoms with E-state index in [4.69, 9.17) is 0 Å². The summed E-state index contributed by atoms with van der Waals surface area (Å²) in [6.07, 6.45) is -4.47. The summed E-state index contributed by atoms with van der Waals surface area (Å²) in [6.45, 7) is 2.97. The van der Waals surface area contributed by atoms with E-state index < -0.39 is 17.1 Å². The number of rotatable bonds is 3. The van der Waals surface area contributed by atoms with E-state index in [0.29, 0.717) is 18.7 Å². The number of nitrogens with zero attached hydrogens (tertiary/aromatic N) is 2. The molecular formula is C13H16F3N3O2. The van der Waals surface area contributed by atoms with Crippen LogP contribution in [-0.4, -0.2) is 42.2 Å². The Labute approximate surface area is 119 Å². The number of alkyl halides is 3. The molecule has 1 N–H and O–H groups in total. The Balaban J connectivity index is 2.41. The Morgan fingerprint density at radius 1 is 1.33 bits per heavy atom. The van der Waals surface area contributed by atoms with Gasteiger partial charge in [-0.3, -0.25) is 15.0 Å². The molecule has 0 bridgehead atoms. The summed E-state index contributed by atoms with van der Waals surface area (Å²) in [5.41, 5.74) is -0.0106. The third-order valence-electron chi connectivity index (χ3n) is 3.57. The van der Waals surface area contributed by atoms with Crippen LogP contribution in [-0.2, 0) is 0 Å². The van der Waals surface area contributed by atoms with Crippen molar-refractivity contribution >= 4 is 5.69 Å². The highest BCUT2D eigenvalue weighted by Gasteiger charge is 2.45. The second-order valence-electron chi connectivity index (χ2n) is 5.03. The Morgan fingerprint density at radius 3 is 2.48 bits per heavy atom. The molecule has 21 heavy (non-hydrogen) atoms. The van der Waals surface area contributed by atoms with Crippen LogP contribution < -0.4 is 5.32 Å². The molecule has 1 saturated heterocycles. The summed E-state index contributed by atoms with van der Waals surface area (Å²) in [7, 11) is 0. The van der Waals surface area contributed by atoms with Crippen molar-refractivity contribution in [1.82, 2.24) is 10.2 Å². The zero-order chi connectivity index (χ0) is 15.6. The quantitative estimate of drug-likeness (QED) is 0.688. The minimum Gasteiger partial charge on any atom is -0.314 e. The fraction of sp³-hybridized carbons (Fsp3) is 0.538. The predicted molar refractivity (Wildman–Crippen MR) is 71.1 cm³/mol. The van der Waals surface area contributed by atoms with E-state index in [-0.39, 0.29) is 24.3 Å². The molecule has 0 radical (unpaired) electrons. The summed E-state index contributed by atoms with van der Waals surface area (Å²) in [4.78, 5) is 11.6. The van der Waals surface area contributed by atoms with Crippen LogP contribution in [0.1, 0.15) is 17.2 Å². The van der Waals surface area contributed by atoms with Gasteiger partial charge in [-0.05, 0) is 12.5 Å². The number of hydrogen-bond acceptors (Lipinski definition) is 4. The molecule has 0 aliphatic carbocycles. The first-order valence-electron chi connectivity index (χ1n) is 6.57. The third kappa shape index (κ3) is 3.51. The zero-order valence-electron chi connectivity index (χ0n) is 11.5. The lowest BCUT2D eigenvalue weighted by atomic mass is 10.0. The van der Waals surface area contributed by atoms with Crippen LogP contribution in [0.15, 0.2) is 18.2 Å². The van der Waals surface area contributed by atoms with Crippen molar-refractivity contribution in [2.24, 2.45) is 0 Å². The van der Waals surface area contributed by atoms with Gasteiger partial charge in [0.1, 0.15) is 6.04 Å². The lowest BCUT2D eigenvalue weighted by Crippen LogP contribution is -2.49. The third-order valence-corrected chi connectivity index (χ3v) is 3.57. The SMILES string of the molecule is Cc1ccc([C@@H](N2CCNCC2)C(F)(F)F)cc1[N+](=O)[O-]. The van der Waals surface area contributed by atoms with E-state index in [1.807, 2.05) is 0 Å². The maximum Gasteiger partial charge on any atom is 0.408 e. The number of halogens is 3. The van der Waals surface area contributed by atoms with Gasteiger partial charge in [0.2, 0.25) is 0 Å². The highest BCUT2D eigenvalue weighted by molar-refractivity contribution is 5.43. The van der Waals surface area contributed by atoms with Crippen LogP contribution in [0.4, 0.5) is 18.9 Å². The molecule has 8 heteroatoms. The Morgan fingerprint density at radius 2 is 1.95 bits per heavy atom. The highest BCUT2D eigenvalue weighted by atomic mass is 19.4. The van der Waals surface area contributed by atoms with Gasteiger partial charge in [-0.25, -0.2) is 0 Å².